The van der Waals surface area contributed by atoms with Gasteiger partial charge in [0.15, 0.2) is 5.75 Å². The van der Waals surface area contributed by atoms with Crippen molar-refractivity contribution in [2.24, 2.45) is 0 Å². The van der Waals surface area contributed by atoms with Crippen molar-refractivity contribution in [3.05, 3.63) is 33.6 Å². The molecule has 1 aromatic heterocycles. The fourth-order valence-electron chi connectivity index (χ4n) is 2.02. The number of nitrogens with one attached hydrogen (secondary N) is 1. The minimum atomic E-state index is -0.245. The van der Waals surface area contributed by atoms with Crippen molar-refractivity contribution in [1.29, 1.82) is 0 Å². The average molecular weight is 299 g/mol. The topological polar surface area (TPSA) is 53.1 Å². The third-order valence-electron chi connectivity index (χ3n) is 3.06. The number of halogens is 1. The van der Waals surface area contributed by atoms with Gasteiger partial charge in [-0.3, -0.25) is 4.79 Å². The monoisotopic (exact) mass is 298 g/mol. The molecule has 3 nitrogen and oxygen atoms in total. The van der Waals surface area contributed by atoms with Crippen molar-refractivity contribution in [3.8, 4) is 5.75 Å². The second-order valence-electron chi connectivity index (χ2n) is 4.52. The number of hydrogen-bond donors (Lipinski definition) is 2. The summed E-state index contributed by atoms with van der Waals surface area (Å²) in [5.41, 5.74) is 0.362. The first-order valence-electron chi connectivity index (χ1n) is 6.21. The van der Waals surface area contributed by atoms with Crippen molar-refractivity contribution in [2.75, 3.05) is 12.0 Å². The van der Waals surface area contributed by atoms with Crippen LogP contribution in [0.15, 0.2) is 27.9 Å². The maximum absolute atomic E-state index is 12.1. The van der Waals surface area contributed by atoms with Gasteiger partial charge < -0.3 is 10.1 Å². The summed E-state index contributed by atoms with van der Waals surface area (Å²) < 4.78 is 0. The Morgan fingerprint density at radius 1 is 1.42 bits per heavy atom. The summed E-state index contributed by atoms with van der Waals surface area (Å²) in [7, 11) is -0.245. The van der Waals surface area contributed by atoms with Crippen molar-refractivity contribution < 1.29 is 5.11 Å². The summed E-state index contributed by atoms with van der Waals surface area (Å²) >= 11 is 5.89. The van der Waals surface area contributed by atoms with Crippen LogP contribution in [0.5, 0.6) is 5.75 Å². The molecule has 0 radical (unpaired) electrons. The SMILES string of the molecule is CCCC[S+](C)c1c(O)c2ccc(Cl)cc2[nH]c1=O. The minimum Gasteiger partial charge on any atom is -0.503 e. The van der Waals surface area contributed by atoms with Crippen LogP contribution in [0.25, 0.3) is 10.9 Å². The molecule has 1 atom stereocenters. The number of aromatic hydroxyl groups is 1. The van der Waals surface area contributed by atoms with Crippen molar-refractivity contribution in [1.82, 2.24) is 4.98 Å². The van der Waals surface area contributed by atoms with Crippen LogP contribution < -0.4 is 5.56 Å². The lowest BCUT2D eigenvalue weighted by molar-refractivity contribution is 0.466. The summed E-state index contributed by atoms with van der Waals surface area (Å²) in [5, 5.41) is 11.5. The second-order valence-corrected chi connectivity index (χ2v) is 7.04. The molecule has 0 aliphatic heterocycles. The van der Waals surface area contributed by atoms with E-state index in [0.717, 1.165) is 18.6 Å². The van der Waals surface area contributed by atoms with E-state index >= 15 is 0 Å². The molecule has 1 aromatic carbocycles. The van der Waals surface area contributed by atoms with Gasteiger partial charge in [0.1, 0.15) is 12.0 Å². The highest BCUT2D eigenvalue weighted by molar-refractivity contribution is 7.96. The molecule has 2 rings (SSSR count). The Kier molecular flexibility index (Phi) is 4.42. The molecule has 5 heteroatoms. The Morgan fingerprint density at radius 2 is 2.16 bits per heavy atom. The van der Waals surface area contributed by atoms with E-state index in [4.69, 9.17) is 11.6 Å². The zero-order valence-electron chi connectivity index (χ0n) is 11.0. The quantitative estimate of drug-likeness (QED) is 0.851. The maximum atomic E-state index is 12.1. The smallest absolute Gasteiger partial charge is 0.307 e. The largest absolute Gasteiger partial charge is 0.503 e. The Hall–Kier alpha value is -1.13. The molecule has 1 heterocycles. The second kappa shape index (κ2) is 5.88. The van der Waals surface area contributed by atoms with Crippen LogP contribution in [0.3, 0.4) is 0 Å². The number of aromatic amines is 1. The van der Waals surface area contributed by atoms with Gasteiger partial charge in [0.25, 0.3) is 4.90 Å². The van der Waals surface area contributed by atoms with Crippen molar-refractivity contribution >= 4 is 33.4 Å². The normalized spacial score (nSPS) is 12.8. The Morgan fingerprint density at radius 3 is 2.84 bits per heavy atom. The Bertz CT molecular complexity index is 654. The first-order chi connectivity index (χ1) is 9.04. The number of pyridine rings is 1. The van der Waals surface area contributed by atoms with E-state index < -0.39 is 0 Å². The first-order valence-corrected chi connectivity index (χ1v) is 8.39. The third-order valence-corrected chi connectivity index (χ3v) is 5.27. The molecule has 0 fully saturated rings. The molecule has 0 saturated carbocycles. The van der Waals surface area contributed by atoms with E-state index in [-0.39, 0.29) is 22.2 Å². The van der Waals surface area contributed by atoms with Gasteiger partial charge in [0.05, 0.1) is 5.52 Å². The molecule has 19 heavy (non-hydrogen) atoms. The van der Waals surface area contributed by atoms with E-state index in [1.165, 1.54) is 0 Å². The molecule has 102 valence electrons. The molecule has 0 saturated heterocycles. The number of hydrogen-bond acceptors (Lipinski definition) is 2. The van der Waals surface area contributed by atoms with E-state index in [9.17, 15) is 9.90 Å². The predicted molar refractivity (Wildman–Crippen MR) is 82.6 cm³/mol. The standard InChI is InChI=1S/C14H16ClNO2S/c1-3-4-7-19(2)13-12(17)10-6-5-9(15)8-11(10)16-14(13)18/h5-6,8H,3-4,7H2,1-2H3,(H-,16,17,18)/p+1. The molecule has 0 aliphatic rings. The highest BCUT2D eigenvalue weighted by atomic mass is 35.5. The van der Waals surface area contributed by atoms with Gasteiger partial charge in [-0.25, -0.2) is 0 Å². The summed E-state index contributed by atoms with van der Waals surface area (Å²) in [6.45, 7) is 2.11. The summed E-state index contributed by atoms with van der Waals surface area (Å²) in [6.07, 6.45) is 4.14. The molecule has 2 N–H and O–H groups in total. The highest BCUT2D eigenvalue weighted by Crippen LogP contribution is 2.30. The van der Waals surface area contributed by atoms with Crippen molar-refractivity contribution in [3.63, 3.8) is 0 Å². The van der Waals surface area contributed by atoms with E-state index in [2.05, 4.69) is 11.9 Å². The zero-order chi connectivity index (χ0) is 14.0. The number of benzene rings is 1. The van der Waals surface area contributed by atoms with Gasteiger partial charge >= 0.3 is 5.56 Å². The summed E-state index contributed by atoms with van der Waals surface area (Å²) in [5.74, 6) is 1.02. The van der Waals surface area contributed by atoms with E-state index in [0.29, 0.717) is 20.8 Å². The first kappa shape index (κ1) is 14.3. The van der Waals surface area contributed by atoms with Gasteiger partial charge in [-0.2, -0.15) is 0 Å². The molecule has 0 bridgehead atoms. The van der Waals surface area contributed by atoms with Crippen LogP contribution in [0, 0.1) is 0 Å². The molecule has 2 aromatic rings. The third kappa shape index (κ3) is 2.90. The molecule has 0 amide bonds. The van der Waals surface area contributed by atoms with Gasteiger partial charge in [-0.15, -0.1) is 0 Å². The zero-order valence-corrected chi connectivity index (χ0v) is 12.6. The number of unbranched alkanes of at least 4 members (excludes halogenated alkanes) is 1. The van der Waals surface area contributed by atoms with Crippen LogP contribution in [0.2, 0.25) is 5.02 Å². The average Bonchev–Trinajstić information content (AvgIpc) is 2.35. The number of fused-ring (bicyclic) bond motifs is 1. The summed E-state index contributed by atoms with van der Waals surface area (Å²) in [6, 6.07) is 5.11. The van der Waals surface area contributed by atoms with Gasteiger partial charge in [-0.05, 0) is 24.6 Å². The van der Waals surface area contributed by atoms with Gasteiger partial charge in [0, 0.05) is 21.3 Å². The van der Waals surface area contributed by atoms with Crippen LogP contribution >= 0.6 is 11.6 Å². The van der Waals surface area contributed by atoms with Crippen LogP contribution in [-0.4, -0.2) is 22.1 Å². The number of H-pyrrole nitrogens is 1. The molecule has 1 unspecified atom stereocenters. The van der Waals surface area contributed by atoms with Crippen molar-refractivity contribution in [2.45, 2.75) is 24.7 Å². The van der Waals surface area contributed by atoms with E-state index in [1.54, 1.807) is 18.2 Å². The Balaban J connectivity index is 2.56. The lowest BCUT2D eigenvalue weighted by Gasteiger charge is -2.07. The Labute approximate surface area is 120 Å². The highest BCUT2D eigenvalue weighted by Gasteiger charge is 2.26. The maximum Gasteiger partial charge on any atom is 0.307 e. The fourth-order valence-corrected chi connectivity index (χ4v) is 3.93. The van der Waals surface area contributed by atoms with Gasteiger partial charge in [0.2, 0.25) is 0 Å². The van der Waals surface area contributed by atoms with Crippen LogP contribution in [-0.2, 0) is 10.9 Å². The lowest BCUT2D eigenvalue weighted by atomic mass is 10.2. The van der Waals surface area contributed by atoms with E-state index in [1.807, 2.05) is 6.26 Å². The molecule has 0 spiro atoms. The predicted octanol–water partition coefficient (Wildman–Crippen LogP) is 3.29. The van der Waals surface area contributed by atoms with Crippen LogP contribution in [0.4, 0.5) is 0 Å². The van der Waals surface area contributed by atoms with Gasteiger partial charge in [-0.1, -0.05) is 24.9 Å². The van der Waals surface area contributed by atoms with Crippen LogP contribution in [0.1, 0.15) is 19.8 Å². The fraction of sp³-hybridized carbons (Fsp3) is 0.357. The minimum absolute atomic E-state index is 0.0948. The molecular formula is C14H17ClNO2S+. The number of aromatic nitrogens is 1. The summed E-state index contributed by atoms with van der Waals surface area (Å²) in [4.78, 5) is 15.4. The number of rotatable bonds is 4. The molecular weight excluding hydrogens is 282 g/mol. The lowest BCUT2D eigenvalue weighted by Crippen LogP contribution is -2.19. The molecule has 0 aliphatic carbocycles.